The molecule has 2 atom stereocenters. The van der Waals surface area contributed by atoms with Crippen molar-refractivity contribution in [2.24, 2.45) is 0 Å². The van der Waals surface area contributed by atoms with Crippen molar-refractivity contribution in [2.45, 2.75) is 57.7 Å². The molecule has 0 spiro atoms. The monoisotopic (exact) mass is 561 g/mol. The van der Waals surface area contributed by atoms with E-state index < -0.39 is 35.7 Å². The van der Waals surface area contributed by atoms with Crippen molar-refractivity contribution in [3.63, 3.8) is 0 Å². The number of alkyl halides is 5. The largest absolute Gasteiger partial charge is 0.406 e. The third-order valence-electron chi connectivity index (χ3n) is 6.60. The van der Waals surface area contributed by atoms with E-state index in [0.717, 1.165) is 5.56 Å². The number of H-pyrrole nitrogens is 2. The molecular weight excluding hydrogens is 537 g/mol. The molecule has 6 rings (SSSR count). The van der Waals surface area contributed by atoms with Gasteiger partial charge < -0.3 is 9.55 Å². The van der Waals surface area contributed by atoms with E-state index in [2.05, 4.69) is 25.0 Å². The number of fused-ring (bicyclic) bond motifs is 2. The second-order valence-electron chi connectivity index (χ2n) is 9.39. The standard InChI is InChI=1S/C24H18F5N7O2.C2H6/c1-23(25,26)21-32-16-3-2-11(6-18(16)35(21)10-24(27,28)29)12-7-13(12)14-8-17(34-36-5-4-30-19(14)36)15-9-31-22(38)33-20(15)37;1-2/h2-6,8-9,12-13H,7,10H2,1H3,(H2,31,33,37,38);1-2H3/t12-,13+;/m1./s1. The van der Waals surface area contributed by atoms with Crippen LogP contribution in [0.5, 0.6) is 0 Å². The summed E-state index contributed by atoms with van der Waals surface area (Å²) in [5.74, 6) is -4.76. The van der Waals surface area contributed by atoms with Gasteiger partial charge in [0.15, 0.2) is 11.5 Å². The second kappa shape index (κ2) is 9.68. The SMILES string of the molecule is CC.CC(F)(F)c1nc2ccc([C@H]3C[C@@H]3c3cc(-c4c[nH]c(=O)[nH]c4=O)nn4ccnc34)cc2n1CC(F)(F)F. The van der Waals surface area contributed by atoms with E-state index >= 15 is 0 Å². The lowest BCUT2D eigenvalue weighted by Crippen LogP contribution is -2.23. The molecule has 40 heavy (non-hydrogen) atoms. The first-order valence-corrected chi connectivity index (χ1v) is 12.5. The predicted molar refractivity (Wildman–Crippen MR) is 136 cm³/mol. The number of imidazole rings is 2. The topological polar surface area (TPSA) is 114 Å². The lowest BCUT2D eigenvalue weighted by atomic mass is 10.0. The molecule has 4 aromatic heterocycles. The van der Waals surface area contributed by atoms with Crippen LogP contribution in [0.25, 0.3) is 27.9 Å². The first-order valence-electron chi connectivity index (χ1n) is 12.5. The predicted octanol–water partition coefficient (Wildman–Crippen LogP) is 5.09. The van der Waals surface area contributed by atoms with Crippen molar-refractivity contribution in [1.82, 2.24) is 34.1 Å². The minimum Gasteiger partial charge on any atom is -0.314 e. The summed E-state index contributed by atoms with van der Waals surface area (Å²) in [5.41, 5.74) is 1.14. The Balaban J connectivity index is 0.00000158. The third kappa shape index (κ3) is 5.00. The second-order valence-corrected chi connectivity index (χ2v) is 9.39. The molecule has 1 aliphatic rings. The van der Waals surface area contributed by atoms with Crippen LogP contribution in [0.1, 0.15) is 56.0 Å². The van der Waals surface area contributed by atoms with Gasteiger partial charge in [0.25, 0.3) is 5.56 Å². The van der Waals surface area contributed by atoms with E-state index in [4.69, 9.17) is 0 Å². The fourth-order valence-electron chi connectivity index (χ4n) is 4.90. The van der Waals surface area contributed by atoms with Crippen molar-refractivity contribution >= 4 is 16.7 Å². The van der Waals surface area contributed by atoms with Gasteiger partial charge in [-0.3, -0.25) is 9.78 Å². The van der Waals surface area contributed by atoms with Gasteiger partial charge >= 0.3 is 17.8 Å². The van der Waals surface area contributed by atoms with E-state index in [1.54, 1.807) is 18.3 Å². The van der Waals surface area contributed by atoms with E-state index in [0.29, 0.717) is 34.8 Å². The van der Waals surface area contributed by atoms with Crippen LogP contribution in [-0.4, -0.2) is 40.3 Å². The summed E-state index contributed by atoms with van der Waals surface area (Å²) >= 11 is 0. The zero-order valence-corrected chi connectivity index (χ0v) is 21.6. The van der Waals surface area contributed by atoms with Gasteiger partial charge in [-0.1, -0.05) is 19.9 Å². The smallest absolute Gasteiger partial charge is 0.314 e. The molecule has 1 saturated carbocycles. The van der Waals surface area contributed by atoms with Crippen molar-refractivity contribution in [3.05, 3.63) is 80.6 Å². The maximum atomic E-state index is 14.1. The van der Waals surface area contributed by atoms with Gasteiger partial charge in [0, 0.05) is 31.1 Å². The summed E-state index contributed by atoms with van der Waals surface area (Å²) < 4.78 is 70.1. The number of halogens is 5. The summed E-state index contributed by atoms with van der Waals surface area (Å²) in [4.78, 5) is 36.5. The van der Waals surface area contributed by atoms with Gasteiger partial charge in [0.05, 0.1) is 22.3 Å². The fourth-order valence-corrected chi connectivity index (χ4v) is 4.90. The Kier molecular flexibility index (Phi) is 6.59. The van der Waals surface area contributed by atoms with Gasteiger partial charge in [-0.2, -0.15) is 27.1 Å². The van der Waals surface area contributed by atoms with E-state index in [1.165, 1.54) is 29.0 Å². The molecule has 1 aromatic carbocycles. The number of nitrogens with zero attached hydrogens (tertiary/aromatic N) is 5. The van der Waals surface area contributed by atoms with Crippen LogP contribution in [0.15, 0.2) is 52.4 Å². The van der Waals surface area contributed by atoms with Crippen LogP contribution in [0.2, 0.25) is 0 Å². The first kappa shape index (κ1) is 27.2. The summed E-state index contributed by atoms with van der Waals surface area (Å²) in [5, 5.41) is 4.40. The van der Waals surface area contributed by atoms with E-state index in [1.807, 2.05) is 13.8 Å². The molecular formula is C26H24F5N7O2. The highest BCUT2D eigenvalue weighted by molar-refractivity contribution is 5.78. The quantitative estimate of drug-likeness (QED) is 0.290. The molecule has 0 amide bonds. The molecule has 0 radical (unpaired) electrons. The Bertz CT molecular complexity index is 1830. The van der Waals surface area contributed by atoms with Crippen molar-refractivity contribution in [3.8, 4) is 11.3 Å². The lowest BCUT2D eigenvalue weighted by Gasteiger charge is -2.15. The summed E-state index contributed by atoms with van der Waals surface area (Å²) in [6, 6.07) is 6.29. The maximum Gasteiger partial charge on any atom is 0.406 e. The molecule has 5 aromatic rings. The summed E-state index contributed by atoms with van der Waals surface area (Å²) in [6.45, 7) is 2.93. The van der Waals surface area contributed by atoms with Gasteiger partial charge in [-0.25, -0.2) is 19.3 Å². The van der Waals surface area contributed by atoms with E-state index in [9.17, 15) is 31.5 Å². The van der Waals surface area contributed by atoms with Gasteiger partial charge in [0.2, 0.25) is 0 Å². The van der Waals surface area contributed by atoms with Gasteiger partial charge in [-0.15, -0.1) is 0 Å². The van der Waals surface area contributed by atoms with E-state index in [-0.39, 0.29) is 28.4 Å². The Morgan fingerprint density at radius 2 is 1.82 bits per heavy atom. The molecule has 1 fully saturated rings. The molecule has 210 valence electrons. The molecule has 1 aliphatic carbocycles. The average Bonchev–Trinajstić information content (AvgIpc) is 3.38. The Hall–Kier alpha value is -4.36. The van der Waals surface area contributed by atoms with Gasteiger partial charge in [-0.05, 0) is 42.0 Å². The zero-order chi connectivity index (χ0) is 29.0. The van der Waals surface area contributed by atoms with Crippen molar-refractivity contribution in [1.29, 1.82) is 0 Å². The number of aromatic nitrogens is 7. The number of hydrogen-bond donors (Lipinski definition) is 2. The highest BCUT2D eigenvalue weighted by atomic mass is 19.4. The zero-order valence-electron chi connectivity index (χ0n) is 21.6. The fraction of sp³-hybridized carbons (Fsp3) is 0.346. The maximum absolute atomic E-state index is 14.1. The normalized spacial score (nSPS) is 17.2. The number of nitrogens with one attached hydrogen (secondary N) is 2. The molecule has 2 N–H and O–H groups in total. The van der Waals surface area contributed by atoms with Crippen LogP contribution in [0.3, 0.4) is 0 Å². The average molecular weight is 562 g/mol. The first-order chi connectivity index (χ1) is 18.9. The molecule has 0 saturated heterocycles. The number of hydrogen-bond acceptors (Lipinski definition) is 5. The molecule has 0 bridgehead atoms. The van der Waals surface area contributed by atoms with Crippen LogP contribution in [-0.2, 0) is 12.5 Å². The minimum absolute atomic E-state index is 0.0249. The Morgan fingerprint density at radius 3 is 2.50 bits per heavy atom. The van der Waals surface area contributed by atoms with Crippen molar-refractivity contribution < 1.29 is 22.0 Å². The minimum atomic E-state index is -4.72. The molecule has 4 heterocycles. The lowest BCUT2D eigenvalue weighted by molar-refractivity contribution is -0.142. The Labute approximate surface area is 222 Å². The summed E-state index contributed by atoms with van der Waals surface area (Å²) in [7, 11) is 0. The number of benzene rings is 1. The van der Waals surface area contributed by atoms with Crippen LogP contribution in [0, 0.1) is 0 Å². The highest BCUT2D eigenvalue weighted by Gasteiger charge is 2.42. The summed E-state index contributed by atoms with van der Waals surface area (Å²) in [6.07, 6.45) is 0.304. The van der Waals surface area contributed by atoms with Crippen molar-refractivity contribution in [2.75, 3.05) is 0 Å². The number of aromatic amines is 2. The molecule has 0 unspecified atom stereocenters. The van der Waals surface area contributed by atoms with Crippen LogP contribution in [0.4, 0.5) is 22.0 Å². The molecule has 9 nitrogen and oxygen atoms in total. The molecule has 14 heteroatoms. The third-order valence-corrected chi connectivity index (χ3v) is 6.60. The van der Waals surface area contributed by atoms with Crippen LogP contribution >= 0.6 is 0 Å². The van der Waals surface area contributed by atoms with Crippen LogP contribution < -0.4 is 11.2 Å². The molecule has 0 aliphatic heterocycles. The highest BCUT2D eigenvalue weighted by Crippen LogP contribution is 2.56. The number of rotatable bonds is 5. The Morgan fingerprint density at radius 1 is 1.07 bits per heavy atom. The van der Waals surface area contributed by atoms with Gasteiger partial charge in [0.1, 0.15) is 6.54 Å².